The van der Waals surface area contributed by atoms with Gasteiger partial charge in [0.2, 0.25) is 39.6 Å². The zero-order valence-corrected chi connectivity index (χ0v) is 52.6. The Morgan fingerprint density at radius 1 is 0.747 bits per heavy atom. The summed E-state index contributed by atoms with van der Waals surface area (Å²) in [5, 5.41) is 13.1. The maximum Gasteiger partial charge on any atom is 0.257 e. The van der Waals surface area contributed by atoms with Crippen LogP contribution in [0, 0.1) is 5.92 Å². The van der Waals surface area contributed by atoms with E-state index >= 15 is 0 Å². The molecule has 91 heavy (non-hydrogen) atoms. The molecule has 4 heterocycles. The number of carbonyl (C=O) groups is 8. The summed E-state index contributed by atoms with van der Waals surface area (Å²) in [4.78, 5) is 110. The van der Waals surface area contributed by atoms with Gasteiger partial charge in [0.25, 0.3) is 17.7 Å². The number of sulfonamides is 1. The van der Waals surface area contributed by atoms with Gasteiger partial charge < -0.3 is 45.3 Å². The van der Waals surface area contributed by atoms with Crippen LogP contribution in [-0.2, 0) is 63.2 Å². The molecule has 23 heteroatoms. The van der Waals surface area contributed by atoms with Crippen LogP contribution in [-0.4, -0.2) is 123 Å². The number of amides is 8. The van der Waals surface area contributed by atoms with Crippen LogP contribution in [0.5, 0.6) is 17.2 Å². The second-order valence-corrected chi connectivity index (χ2v) is 25.3. The minimum Gasteiger partial charge on any atom is -0.493 e. The maximum atomic E-state index is 14.5. The lowest BCUT2D eigenvalue weighted by atomic mass is 9.93. The van der Waals surface area contributed by atoms with E-state index < -0.39 is 40.0 Å². The van der Waals surface area contributed by atoms with Gasteiger partial charge >= 0.3 is 0 Å². The Kier molecular flexibility index (Phi) is 20.0. The van der Waals surface area contributed by atoms with E-state index in [0.717, 1.165) is 49.1 Å². The van der Waals surface area contributed by atoms with Crippen molar-refractivity contribution in [2.75, 3.05) is 55.2 Å². The molecule has 0 bridgehead atoms. The Balaban J connectivity index is 0.738. The van der Waals surface area contributed by atoms with Crippen molar-refractivity contribution < 1.29 is 61.0 Å². The molecule has 0 fully saturated rings. The number of unbranched alkanes of at least 4 members (excludes halogenated alkanes) is 2. The standard InChI is InChI=1S/C68H71ClN8O13S/c1-40(2)64(74-59(78)16-7-6-10-28-76-60(79)25-26-61(76)80)67(84)71-41(3)65(82)72-48-21-17-42(18-22-48)38-89-56-35-54-63(51-15-9-8-14-50(51)56)47(36-69)37-77(54)62(81)31-43-12-11-13-44(30-43)39-90-58-34-53-52(33-57(58)88-5)68(85)75-29-27-46(32-55(75)66(83)73-53)45-19-23-49(24-20-45)91(86,87)70-4/h8-9,11-15,17-27,30,33-35,40-41,47,55,64,70H,6-7,10,16,28-29,31-32,36-39H2,1-5H3,(H,71,84)(H,72,82)(H,73,83)(H,74,78)/t41-,47+,55-,64-/m0/s1. The van der Waals surface area contributed by atoms with Gasteiger partial charge in [-0.1, -0.05) is 99.1 Å². The molecular formula is C68H71ClN8O13S. The Labute approximate surface area is 532 Å². The topological polar surface area (TPSA) is 268 Å². The van der Waals surface area contributed by atoms with Crippen molar-refractivity contribution in [1.29, 1.82) is 0 Å². The van der Waals surface area contributed by atoms with Crippen molar-refractivity contribution in [3.8, 4) is 17.2 Å². The van der Waals surface area contributed by atoms with E-state index in [1.807, 2.05) is 72.8 Å². The predicted octanol–water partition coefficient (Wildman–Crippen LogP) is 8.15. The molecule has 0 radical (unpaired) electrons. The predicted molar refractivity (Wildman–Crippen MR) is 344 cm³/mol. The van der Waals surface area contributed by atoms with E-state index in [1.54, 1.807) is 62.1 Å². The molecule has 474 valence electrons. The number of hydrogen-bond acceptors (Lipinski definition) is 13. The van der Waals surface area contributed by atoms with E-state index in [2.05, 4.69) is 26.0 Å². The molecule has 21 nitrogen and oxygen atoms in total. The minimum absolute atomic E-state index is 0.0570. The summed E-state index contributed by atoms with van der Waals surface area (Å²) < 4.78 is 45.5. The van der Waals surface area contributed by atoms with Crippen molar-refractivity contribution in [3.63, 3.8) is 0 Å². The zero-order chi connectivity index (χ0) is 64.7. The fourth-order valence-corrected chi connectivity index (χ4v) is 12.6. The van der Waals surface area contributed by atoms with Crippen LogP contribution in [0.3, 0.4) is 0 Å². The average Bonchev–Trinajstić information content (AvgIpc) is 1.66. The number of methoxy groups -OCH3 is 1. The number of benzene rings is 6. The largest absolute Gasteiger partial charge is 0.493 e. The number of nitrogens with zero attached hydrogens (tertiary/aromatic N) is 3. The number of carbonyl (C=O) groups excluding carboxylic acids is 8. The number of hydrogen-bond donors (Lipinski definition) is 5. The molecule has 6 aromatic carbocycles. The molecular weight excluding hydrogens is 1200 g/mol. The second-order valence-electron chi connectivity index (χ2n) is 23.1. The molecule has 5 N–H and O–H groups in total. The van der Waals surface area contributed by atoms with Crippen molar-refractivity contribution in [2.24, 2.45) is 5.92 Å². The second kappa shape index (κ2) is 28.2. The van der Waals surface area contributed by atoms with E-state index in [0.29, 0.717) is 42.9 Å². The summed E-state index contributed by atoms with van der Waals surface area (Å²) in [5.74, 6) is -1.92. The number of imide groups is 1. The Hall–Kier alpha value is -9.38. The summed E-state index contributed by atoms with van der Waals surface area (Å²) in [6, 6.07) is 31.1. The van der Waals surface area contributed by atoms with Crippen molar-refractivity contribution in [2.45, 2.75) is 101 Å². The highest BCUT2D eigenvalue weighted by Crippen LogP contribution is 2.46. The normalized spacial score (nSPS) is 16.7. The van der Waals surface area contributed by atoms with Gasteiger partial charge in [0.05, 0.1) is 35.4 Å². The number of rotatable bonds is 25. The molecule has 10 rings (SSSR count). The zero-order valence-electron chi connectivity index (χ0n) is 51.0. The van der Waals surface area contributed by atoms with Gasteiger partial charge in [-0.15, -0.1) is 11.6 Å². The van der Waals surface area contributed by atoms with Gasteiger partial charge in [-0.3, -0.25) is 43.3 Å². The fraction of sp³-hybridized carbons (Fsp3) is 0.324. The van der Waals surface area contributed by atoms with Crippen molar-refractivity contribution in [1.82, 2.24) is 25.2 Å². The Morgan fingerprint density at radius 3 is 2.15 bits per heavy atom. The van der Waals surface area contributed by atoms with E-state index in [1.165, 1.54) is 43.3 Å². The lowest BCUT2D eigenvalue weighted by Crippen LogP contribution is -2.53. The maximum absolute atomic E-state index is 14.5. The number of nitrogens with one attached hydrogen (secondary N) is 5. The summed E-state index contributed by atoms with van der Waals surface area (Å²) >= 11 is 6.65. The Morgan fingerprint density at radius 2 is 1.45 bits per heavy atom. The Bertz CT molecular complexity index is 4010. The first kappa shape index (κ1) is 64.6. The molecule has 0 saturated carbocycles. The summed E-state index contributed by atoms with van der Waals surface area (Å²) in [6.07, 6.45) is 6.41. The first-order valence-electron chi connectivity index (χ1n) is 30.1. The first-order valence-corrected chi connectivity index (χ1v) is 32.1. The number of anilines is 3. The van der Waals surface area contributed by atoms with Gasteiger partial charge in [0.15, 0.2) is 11.5 Å². The molecule has 0 unspecified atom stereocenters. The quantitative estimate of drug-likeness (QED) is 0.0206. The number of halogens is 1. The van der Waals surface area contributed by atoms with E-state index in [9.17, 15) is 46.8 Å². The van der Waals surface area contributed by atoms with Crippen LogP contribution < -0.4 is 45.1 Å². The van der Waals surface area contributed by atoms with Crippen molar-refractivity contribution >= 4 is 102 Å². The highest BCUT2D eigenvalue weighted by Gasteiger charge is 2.39. The van der Waals surface area contributed by atoms with Gasteiger partial charge in [-0.2, -0.15) is 0 Å². The van der Waals surface area contributed by atoms with Crippen LogP contribution in [0.25, 0.3) is 16.3 Å². The molecule has 6 aromatic rings. The van der Waals surface area contributed by atoms with Gasteiger partial charge in [0.1, 0.15) is 37.1 Å². The summed E-state index contributed by atoms with van der Waals surface area (Å²) in [5.41, 5.74) is 6.45. The first-order chi connectivity index (χ1) is 43.7. The highest BCUT2D eigenvalue weighted by atomic mass is 35.5. The van der Waals surface area contributed by atoms with Crippen LogP contribution in [0.4, 0.5) is 17.1 Å². The lowest BCUT2D eigenvalue weighted by molar-refractivity contribution is -0.137. The van der Waals surface area contributed by atoms with Crippen LogP contribution in [0.2, 0.25) is 0 Å². The number of alkyl halides is 1. The SMILES string of the molecule is CNS(=O)(=O)c1ccc(C2=CCN3C(=O)c4cc(OC)c(OCc5cccc(CC(=O)N6C[C@@H](CCl)c7c6cc(OCc6ccc(NC(=O)[C@H](C)NC(=O)[C@@H](NC(=O)CCCCCN8C(=O)C=CC8=O)C(C)C)cc6)c6ccccc76)c5)cc4NC(=O)[C@@H]3C2)cc1. The molecule has 8 amide bonds. The third-order valence-electron chi connectivity index (χ3n) is 16.7. The monoisotopic (exact) mass is 1270 g/mol. The van der Waals surface area contributed by atoms with Crippen LogP contribution >= 0.6 is 11.6 Å². The van der Waals surface area contributed by atoms with Gasteiger partial charge in [-0.05, 0) is 102 Å². The summed E-state index contributed by atoms with van der Waals surface area (Å²) in [7, 11) is -0.839. The molecule has 0 aliphatic carbocycles. The van der Waals surface area contributed by atoms with Gasteiger partial charge in [-0.25, -0.2) is 13.1 Å². The molecule has 0 spiro atoms. The third kappa shape index (κ3) is 14.6. The lowest BCUT2D eigenvalue weighted by Gasteiger charge is -2.32. The molecule has 4 aliphatic heterocycles. The number of fused-ring (bicyclic) bond motifs is 5. The minimum atomic E-state index is -3.64. The molecule has 4 aliphatic rings. The molecule has 0 saturated heterocycles. The van der Waals surface area contributed by atoms with Crippen molar-refractivity contribution in [3.05, 3.63) is 167 Å². The van der Waals surface area contributed by atoms with E-state index in [4.69, 9.17) is 25.8 Å². The summed E-state index contributed by atoms with van der Waals surface area (Å²) in [6.45, 7) is 6.14. The van der Waals surface area contributed by atoms with Crippen LogP contribution in [0.1, 0.15) is 97.0 Å². The van der Waals surface area contributed by atoms with Crippen LogP contribution in [0.15, 0.2) is 138 Å². The highest BCUT2D eigenvalue weighted by molar-refractivity contribution is 7.89. The fourth-order valence-electron chi connectivity index (χ4n) is 11.7. The molecule has 4 atom stereocenters. The van der Waals surface area contributed by atoms with E-state index in [-0.39, 0.29) is 126 Å². The molecule has 0 aromatic heterocycles. The van der Waals surface area contributed by atoms with Gasteiger partial charge in [0, 0.05) is 79.6 Å². The smallest absolute Gasteiger partial charge is 0.257 e. The average molecular weight is 1280 g/mol. The third-order valence-corrected chi connectivity index (χ3v) is 18.5. The number of ether oxygens (including phenoxy) is 3.